The van der Waals surface area contributed by atoms with Crippen LogP contribution >= 0.6 is 0 Å². The zero-order valence-electron chi connectivity index (χ0n) is 9.01. The summed E-state index contributed by atoms with van der Waals surface area (Å²) in [5, 5.41) is 11.2. The van der Waals surface area contributed by atoms with Crippen LogP contribution in [0, 0.1) is 0 Å². The number of rotatable bonds is 5. The van der Waals surface area contributed by atoms with Crippen LogP contribution in [0.25, 0.3) is 0 Å². The number of carbonyl (C=O) groups excluding carboxylic acids is 1. The maximum Gasteiger partial charge on any atom is 0.323 e. The van der Waals surface area contributed by atoms with Crippen LogP contribution in [0.2, 0.25) is 0 Å². The molecule has 2 N–H and O–H groups in total. The van der Waals surface area contributed by atoms with Crippen molar-refractivity contribution >= 4 is 17.6 Å². The summed E-state index contributed by atoms with van der Waals surface area (Å²) in [6, 6.07) is 8.97. The highest BCUT2D eigenvalue weighted by Gasteiger charge is 2.13. The maximum absolute atomic E-state index is 11.2. The number of carboxylic acid groups (broad SMARTS) is 1. The number of para-hydroxylation sites is 1. The van der Waals surface area contributed by atoms with E-state index in [0.29, 0.717) is 5.69 Å². The van der Waals surface area contributed by atoms with Crippen molar-refractivity contribution in [1.82, 2.24) is 5.32 Å². The second-order valence-electron chi connectivity index (χ2n) is 3.26. The number of hydrogen-bond donors (Lipinski definition) is 2. The number of aliphatic carboxylic acids is 1. The molecule has 0 fully saturated rings. The summed E-state index contributed by atoms with van der Waals surface area (Å²) in [7, 11) is 1.52. The highest BCUT2D eigenvalue weighted by atomic mass is 16.4. The molecule has 0 aliphatic rings. The van der Waals surface area contributed by atoms with Gasteiger partial charge in [0.25, 0.3) is 0 Å². The lowest BCUT2D eigenvalue weighted by Gasteiger charge is -2.21. The lowest BCUT2D eigenvalue weighted by Crippen LogP contribution is -2.38. The van der Waals surface area contributed by atoms with Gasteiger partial charge in [-0.1, -0.05) is 18.2 Å². The van der Waals surface area contributed by atoms with Gasteiger partial charge in [-0.3, -0.25) is 9.59 Å². The Balaban J connectivity index is 2.79. The minimum atomic E-state index is -0.965. The van der Waals surface area contributed by atoms with Crippen LogP contribution in [0.15, 0.2) is 30.3 Å². The molecule has 86 valence electrons. The molecule has 0 heterocycles. The number of carboxylic acids is 1. The number of nitrogens with zero attached hydrogens (tertiary/aromatic N) is 1. The molecular weight excluding hydrogens is 208 g/mol. The first kappa shape index (κ1) is 12.0. The van der Waals surface area contributed by atoms with Crippen molar-refractivity contribution in [2.45, 2.75) is 0 Å². The van der Waals surface area contributed by atoms with Crippen LogP contribution in [-0.2, 0) is 9.59 Å². The predicted octanol–water partition coefficient (Wildman–Crippen LogP) is 0.324. The van der Waals surface area contributed by atoms with Gasteiger partial charge in [-0.2, -0.15) is 0 Å². The minimum Gasteiger partial charge on any atom is -0.480 e. The number of carbonyl (C=O) groups is 2. The minimum absolute atomic E-state index is 0.0345. The SMILES string of the molecule is CNC(=O)CN(CC(=O)O)c1ccccc1. The third-order valence-corrected chi connectivity index (χ3v) is 2.06. The van der Waals surface area contributed by atoms with Crippen molar-refractivity contribution in [2.75, 3.05) is 25.0 Å². The van der Waals surface area contributed by atoms with E-state index >= 15 is 0 Å². The fraction of sp³-hybridized carbons (Fsp3) is 0.273. The smallest absolute Gasteiger partial charge is 0.323 e. The molecule has 0 aromatic heterocycles. The van der Waals surface area contributed by atoms with Crippen molar-refractivity contribution in [3.63, 3.8) is 0 Å². The molecule has 1 rings (SSSR count). The van der Waals surface area contributed by atoms with E-state index in [-0.39, 0.29) is 19.0 Å². The van der Waals surface area contributed by atoms with Crippen LogP contribution in [-0.4, -0.2) is 37.1 Å². The molecule has 0 aliphatic carbocycles. The van der Waals surface area contributed by atoms with Gasteiger partial charge < -0.3 is 15.3 Å². The monoisotopic (exact) mass is 222 g/mol. The van der Waals surface area contributed by atoms with Crippen molar-refractivity contribution in [3.05, 3.63) is 30.3 Å². The van der Waals surface area contributed by atoms with Gasteiger partial charge in [0.2, 0.25) is 5.91 Å². The van der Waals surface area contributed by atoms with Crippen LogP contribution in [0.5, 0.6) is 0 Å². The topological polar surface area (TPSA) is 69.6 Å². The number of amides is 1. The molecule has 5 heteroatoms. The number of likely N-dealkylation sites (N-methyl/N-ethyl adjacent to an activating group) is 1. The van der Waals surface area contributed by atoms with Crippen molar-refractivity contribution in [1.29, 1.82) is 0 Å². The van der Waals surface area contributed by atoms with E-state index in [0.717, 1.165) is 0 Å². The first-order valence-electron chi connectivity index (χ1n) is 4.86. The largest absolute Gasteiger partial charge is 0.480 e. The van der Waals surface area contributed by atoms with Gasteiger partial charge in [-0.25, -0.2) is 0 Å². The molecule has 0 spiro atoms. The Hall–Kier alpha value is -2.04. The molecule has 16 heavy (non-hydrogen) atoms. The lowest BCUT2D eigenvalue weighted by atomic mass is 10.3. The maximum atomic E-state index is 11.2. The Bertz CT molecular complexity index is 365. The van der Waals surface area contributed by atoms with Gasteiger partial charge in [0.05, 0.1) is 6.54 Å². The standard InChI is InChI=1S/C11H14N2O3/c1-12-10(14)7-13(8-11(15)16)9-5-3-2-4-6-9/h2-6H,7-8H2,1H3,(H,12,14)(H,15,16). The fourth-order valence-corrected chi connectivity index (χ4v) is 1.29. The van der Waals surface area contributed by atoms with E-state index in [9.17, 15) is 9.59 Å². The van der Waals surface area contributed by atoms with Crippen LogP contribution in [0.3, 0.4) is 0 Å². The van der Waals surface area contributed by atoms with E-state index in [1.54, 1.807) is 24.3 Å². The summed E-state index contributed by atoms with van der Waals surface area (Å²) in [5.74, 6) is -1.18. The van der Waals surface area contributed by atoms with Gasteiger partial charge in [-0.15, -0.1) is 0 Å². The van der Waals surface area contributed by atoms with E-state index < -0.39 is 5.97 Å². The Morgan fingerprint density at radius 3 is 2.38 bits per heavy atom. The zero-order chi connectivity index (χ0) is 12.0. The van der Waals surface area contributed by atoms with E-state index in [1.165, 1.54) is 11.9 Å². The van der Waals surface area contributed by atoms with Crippen LogP contribution < -0.4 is 10.2 Å². The van der Waals surface area contributed by atoms with Gasteiger partial charge in [0.1, 0.15) is 6.54 Å². The summed E-state index contributed by atoms with van der Waals surface area (Å²) in [4.78, 5) is 23.4. The second-order valence-corrected chi connectivity index (χ2v) is 3.26. The third-order valence-electron chi connectivity index (χ3n) is 2.06. The summed E-state index contributed by atoms with van der Waals surface area (Å²) < 4.78 is 0. The van der Waals surface area contributed by atoms with E-state index in [1.807, 2.05) is 6.07 Å². The Labute approximate surface area is 93.7 Å². The molecular formula is C11H14N2O3. The van der Waals surface area contributed by atoms with Crippen LogP contribution in [0.1, 0.15) is 0 Å². The predicted molar refractivity (Wildman–Crippen MR) is 60.4 cm³/mol. The van der Waals surface area contributed by atoms with Crippen molar-refractivity contribution < 1.29 is 14.7 Å². The summed E-state index contributed by atoms with van der Waals surface area (Å²) in [5.41, 5.74) is 0.716. The van der Waals surface area contributed by atoms with E-state index in [2.05, 4.69) is 5.32 Å². The van der Waals surface area contributed by atoms with Gasteiger partial charge in [-0.05, 0) is 12.1 Å². The van der Waals surface area contributed by atoms with Crippen LogP contribution in [0.4, 0.5) is 5.69 Å². The lowest BCUT2D eigenvalue weighted by molar-refractivity contribution is -0.135. The molecule has 1 aromatic carbocycles. The third kappa shape index (κ3) is 3.61. The Morgan fingerprint density at radius 1 is 1.25 bits per heavy atom. The fourth-order valence-electron chi connectivity index (χ4n) is 1.29. The molecule has 0 atom stereocenters. The molecule has 0 saturated heterocycles. The average molecular weight is 222 g/mol. The van der Waals surface area contributed by atoms with Gasteiger partial charge >= 0.3 is 5.97 Å². The zero-order valence-corrected chi connectivity index (χ0v) is 9.01. The highest BCUT2D eigenvalue weighted by Crippen LogP contribution is 2.12. The molecule has 0 radical (unpaired) electrons. The first-order chi connectivity index (χ1) is 7.63. The Kier molecular flexibility index (Phi) is 4.32. The number of anilines is 1. The molecule has 0 bridgehead atoms. The summed E-state index contributed by atoms with van der Waals surface area (Å²) in [6.07, 6.45) is 0. The highest BCUT2D eigenvalue weighted by molar-refractivity contribution is 5.83. The molecule has 0 unspecified atom stereocenters. The normalized spacial score (nSPS) is 9.56. The molecule has 0 aliphatic heterocycles. The second kappa shape index (κ2) is 5.75. The number of hydrogen-bond acceptors (Lipinski definition) is 3. The van der Waals surface area contributed by atoms with Crippen molar-refractivity contribution in [2.24, 2.45) is 0 Å². The Morgan fingerprint density at radius 2 is 1.88 bits per heavy atom. The average Bonchev–Trinajstić information content (AvgIpc) is 2.28. The number of nitrogens with one attached hydrogen (secondary N) is 1. The molecule has 1 amide bonds. The van der Waals surface area contributed by atoms with E-state index in [4.69, 9.17) is 5.11 Å². The van der Waals surface area contributed by atoms with Gasteiger partial charge in [0, 0.05) is 12.7 Å². The molecule has 5 nitrogen and oxygen atoms in total. The summed E-state index contributed by atoms with van der Waals surface area (Å²) in [6.45, 7) is -0.162. The number of benzene rings is 1. The molecule has 1 aromatic rings. The quantitative estimate of drug-likeness (QED) is 0.753. The van der Waals surface area contributed by atoms with Crippen molar-refractivity contribution in [3.8, 4) is 0 Å². The first-order valence-corrected chi connectivity index (χ1v) is 4.86. The molecule has 0 saturated carbocycles. The summed E-state index contributed by atoms with van der Waals surface area (Å²) >= 11 is 0. The van der Waals surface area contributed by atoms with Gasteiger partial charge in [0.15, 0.2) is 0 Å².